The number of hydrogen-bond acceptors (Lipinski definition) is 6. The Balaban J connectivity index is 1.15. The van der Waals surface area contributed by atoms with Crippen LogP contribution >= 0.6 is 22.9 Å². The smallest absolute Gasteiger partial charge is 0.225 e. The number of nitrogens with zero attached hydrogens (tertiary/aromatic N) is 4. The second-order valence-electron chi connectivity index (χ2n) is 8.38. The number of rotatable bonds is 4. The summed E-state index contributed by atoms with van der Waals surface area (Å²) < 4.78 is 6.46. The Morgan fingerprint density at radius 1 is 1.00 bits per heavy atom. The Morgan fingerprint density at radius 2 is 1.72 bits per heavy atom. The van der Waals surface area contributed by atoms with E-state index in [4.69, 9.17) is 21.3 Å². The minimum Gasteiger partial charge on any atom is -0.497 e. The lowest BCUT2D eigenvalue weighted by atomic mass is 9.95. The number of amides is 1. The zero-order chi connectivity index (χ0) is 22.1. The van der Waals surface area contributed by atoms with Crippen molar-refractivity contribution in [3.8, 4) is 5.75 Å². The molecule has 0 aliphatic carbocycles. The molecular weight excluding hydrogens is 444 g/mol. The van der Waals surface area contributed by atoms with Crippen LogP contribution in [0.25, 0.3) is 10.2 Å². The molecule has 3 heterocycles. The van der Waals surface area contributed by atoms with Crippen LogP contribution in [0.15, 0.2) is 42.5 Å². The van der Waals surface area contributed by atoms with E-state index in [2.05, 4.69) is 14.7 Å². The zero-order valence-electron chi connectivity index (χ0n) is 18.2. The van der Waals surface area contributed by atoms with Crippen molar-refractivity contribution in [2.24, 2.45) is 5.92 Å². The molecule has 0 unspecified atom stereocenters. The van der Waals surface area contributed by atoms with E-state index in [0.717, 1.165) is 78.2 Å². The molecule has 2 aliphatic rings. The summed E-state index contributed by atoms with van der Waals surface area (Å²) in [4.78, 5) is 24.6. The normalized spacial score (nSPS) is 17.8. The van der Waals surface area contributed by atoms with Crippen LogP contribution in [0.2, 0.25) is 5.02 Å². The molecule has 6 nitrogen and oxygen atoms in total. The van der Waals surface area contributed by atoms with Crippen molar-refractivity contribution in [2.45, 2.75) is 12.8 Å². The van der Waals surface area contributed by atoms with E-state index in [1.807, 2.05) is 42.5 Å². The van der Waals surface area contributed by atoms with Crippen LogP contribution in [0.3, 0.4) is 0 Å². The van der Waals surface area contributed by atoms with Gasteiger partial charge < -0.3 is 19.4 Å². The van der Waals surface area contributed by atoms with Crippen LogP contribution in [-0.4, -0.2) is 62.2 Å². The number of piperidine rings is 1. The van der Waals surface area contributed by atoms with Crippen LogP contribution in [0.1, 0.15) is 12.8 Å². The highest BCUT2D eigenvalue weighted by atomic mass is 35.5. The number of benzene rings is 2. The number of aromatic nitrogens is 1. The Labute approximate surface area is 197 Å². The number of fused-ring (bicyclic) bond motifs is 1. The second kappa shape index (κ2) is 9.16. The van der Waals surface area contributed by atoms with Gasteiger partial charge in [0.15, 0.2) is 5.13 Å². The van der Waals surface area contributed by atoms with Gasteiger partial charge in [0.1, 0.15) is 5.75 Å². The van der Waals surface area contributed by atoms with Crippen molar-refractivity contribution < 1.29 is 9.53 Å². The lowest BCUT2D eigenvalue weighted by Crippen LogP contribution is -2.51. The summed E-state index contributed by atoms with van der Waals surface area (Å²) in [7, 11) is 1.68. The van der Waals surface area contributed by atoms with Crippen LogP contribution in [0.4, 0.5) is 10.8 Å². The molecule has 0 N–H and O–H groups in total. The molecule has 2 aromatic carbocycles. The fraction of sp³-hybridized carbons (Fsp3) is 0.417. The average Bonchev–Trinajstić information content (AvgIpc) is 3.28. The van der Waals surface area contributed by atoms with Gasteiger partial charge >= 0.3 is 0 Å². The Hall–Kier alpha value is -2.51. The van der Waals surface area contributed by atoms with E-state index in [-0.39, 0.29) is 5.92 Å². The predicted molar refractivity (Wildman–Crippen MR) is 131 cm³/mol. The van der Waals surface area contributed by atoms with Gasteiger partial charge in [-0.2, -0.15) is 0 Å². The number of anilines is 2. The van der Waals surface area contributed by atoms with Gasteiger partial charge in [-0.3, -0.25) is 4.79 Å². The summed E-state index contributed by atoms with van der Waals surface area (Å²) in [6.07, 6.45) is 1.77. The highest BCUT2D eigenvalue weighted by Crippen LogP contribution is 2.34. The highest BCUT2D eigenvalue weighted by molar-refractivity contribution is 7.22. The molecule has 0 radical (unpaired) electrons. The molecule has 1 aromatic heterocycles. The first kappa shape index (κ1) is 21.3. The van der Waals surface area contributed by atoms with Crippen LogP contribution < -0.4 is 14.5 Å². The third-order valence-corrected chi connectivity index (χ3v) is 7.81. The standard InChI is InChI=1S/C24H27ClN4O2S/c1-31-20-6-7-21-22(16-20)32-24(26-21)29-10-8-17(9-11-29)23(30)28-14-12-27(13-15-28)19-4-2-18(25)3-5-19/h2-7,16-17H,8-15H2,1H3. The number of carbonyl (C=O) groups is 1. The molecule has 2 fully saturated rings. The number of hydrogen-bond donors (Lipinski definition) is 0. The molecule has 0 bridgehead atoms. The predicted octanol–water partition coefficient (Wildman–Crippen LogP) is 4.52. The van der Waals surface area contributed by atoms with Crippen molar-refractivity contribution in [2.75, 3.05) is 56.2 Å². The summed E-state index contributed by atoms with van der Waals surface area (Å²) in [5.41, 5.74) is 2.17. The van der Waals surface area contributed by atoms with Crippen molar-refractivity contribution in [1.29, 1.82) is 0 Å². The van der Waals surface area contributed by atoms with E-state index in [1.165, 1.54) is 5.69 Å². The van der Waals surface area contributed by atoms with Gasteiger partial charge in [-0.15, -0.1) is 0 Å². The number of piperazine rings is 1. The molecule has 0 saturated carbocycles. The maximum atomic E-state index is 13.1. The molecule has 168 valence electrons. The molecule has 3 aromatic rings. The lowest BCUT2D eigenvalue weighted by molar-refractivity contribution is -0.136. The van der Waals surface area contributed by atoms with Gasteiger partial charge in [0.25, 0.3) is 0 Å². The van der Waals surface area contributed by atoms with Crippen LogP contribution in [-0.2, 0) is 4.79 Å². The van der Waals surface area contributed by atoms with Crippen molar-refractivity contribution >= 4 is 49.9 Å². The molecule has 5 rings (SSSR count). The first-order chi connectivity index (χ1) is 15.6. The Morgan fingerprint density at radius 3 is 2.41 bits per heavy atom. The summed E-state index contributed by atoms with van der Waals surface area (Å²) in [5.74, 6) is 1.28. The first-order valence-corrected chi connectivity index (χ1v) is 12.3. The molecule has 0 atom stereocenters. The van der Waals surface area contributed by atoms with E-state index in [9.17, 15) is 4.79 Å². The van der Waals surface area contributed by atoms with E-state index in [0.29, 0.717) is 5.91 Å². The van der Waals surface area contributed by atoms with E-state index < -0.39 is 0 Å². The summed E-state index contributed by atoms with van der Waals surface area (Å²) in [6, 6.07) is 13.9. The molecule has 1 amide bonds. The molecule has 8 heteroatoms. The van der Waals surface area contributed by atoms with Crippen molar-refractivity contribution in [3.63, 3.8) is 0 Å². The van der Waals surface area contributed by atoms with Gasteiger partial charge in [-0.1, -0.05) is 22.9 Å². The van der Waals surface area contributed by atoms with Crippen molar-refractivity contribution in [1.82, 2.24) is 9.88 Å². The van der Waals surface area contributed by atoms with Crippen LogP contribution in [0.5, 0.6) is 5.75 Å². The lowest BCUT2D eigenvalue weighted by Gasteiger charge is -2.39. The van der Waals surface area contributed by atoms with E-state index >= 15 is 0 Å². The zero-order valence-corrected chi connectivity index (χ0v) is 19.7. The molecular formula is C24H27ClN4O2S. The monoisotopic (exact) mass is 470 g/mol. The van der Waals surface area contributed by atoms with Gasteiger partial charge in [0.05, 0.1) is 17.3 Å². The van der Waals surface area contributed by atoms with Gasteiger partial charge in [-0.25, -0.2) is 4.98 Å². The molecule has 32 heavy (non-hydrogen) atoms. The minimum absolute atomic E-state index is 0.114. The van der Waals surface area contributed by atoms with E-state index in [1.54, 1.807) is 18.4 Å². The summed E-state index contributed by atoms with van der Waals surface area (Å²) >= 11 is 7.70. The number of halogens is 1. The van der Waals surface area contributed by atoms with Gasteiger partial charge in [-0.05, 0) is 55.3 Å². The SMILES string of the molecule is COc1ccc2nc(N3CCC(C(=O)N4CCN(c5ccc(Cl)cc5)CC4)CC3)sc2c1. The average molecular weight is 471 g/mol. The minimum atomic E-state index is 0.114. The number of methoxy groups -OCH3 is 1. The Kier molecular flexibility index (Phi) is 6.11. The number of carbonyl (C=O) groups excluding carboxylic acids is 1. The van der Waals surface area contributed by atoms with Crippen molar-refractivity contribution in [3.05, 3.63) is 47.5 Å². The molecule has 0 spiro atoms. The number of thiazole rings is 1. The van der Waals surface area contributed by atoms with Gasteiger partial charge in [0, 0.05) is 55.9 Å². The first-order valence-electron chi connectivity index (χ1n) is 11.1. The van der Waals surface area contributed by atoms with Crippen LogP contribution in [0, 0.1) is 5.92 Å². The third-order valence-electron chi connectivity index (χ3n) is 6.48. The maximum Gasteiger partial charge on any atom is 0.225 e. The highest BCUT2D eigenvalue weighted by Gasteiger charge is 2.31. The topological polar surface area (TPSA) is 48.9 Å². The van der Waals surface area contributed by atoms with Gasteiger partial charge in [0.2, 0.25) is 5.91 Å². The fourth-order valence-electron chi connectivity index (χ4n) is 4.57. The molecule has 2 saturated heterocycles. The number of ether oxygens (including phenoxy) is 1. The molecule has 2 aliphatic heterocycles. The Bertz CT molecular complexity index is 1090. The summed E-state index contributed by atoms with van der Waals surface area (Å²) in [5, 5.41) is 1.79. The quantitative estimate of drug-likeness (QED) is 0.561. The fourth-order valence-corrected chi connectivity index (χ4v) is 5.74. The largest absolute Gasteiger partial charge is 0.497 e. The second-order valence-corrected chi connectivity index (χ2v) is 9.83. The maximum absolute atomic E-state index is 13.1. The summed E-state index contributed by atoms with van der Waals surface area (Å²) in [6.45, 7) is 5.03. The third kappa shape index (κ3) is 4.36.